The van der Waals surface area contributed by atoms with E-state index >= 15 is 0 Å². The first-order valence-corrected chi connectivity index (χ1v) is 9.07. The maximum absolute atomic E-state index is 11.7. The van der Waals surface area contributed by atoms with Crippen molar-refractivity contribution < 1.29 is 14.0 Å². The van der Waals surface area contributed by atoms with Crippen molar-refractivity contribution in [1.29, 1.82) is 0 Å². The molecule has 2 atom stereocenters. The summed E-state index contributed by atoms with van der Waals surface area (Å²) in [6.07, 6.45) is 6.97. The SMILES string of the molecule is CC(C)(C)c1noc(-c2nn(-c3c[n+]([O-])ccn3)c3c2CC2CCC3O2)n1. The van der Waals surface area contributed by atoms with Gasteiger partial charge in [0.1, 0.15) is 6.10 Å². The third-order valence-corrected chi connectivity index (χ3v) is 5.05. The molecule has 9 heteroatoms. The summed E-state index contributed by atoms with van der Waals surface area (Å²) in [7, 11) is 0. The van der Waals surface area contributed by atoms with Crippen LogP contribution < -0.4 is 4.73 Å². The van der Waals surface area contributed by atoms with Crippen molar-refractivity contribution in [2.24, 2.45) is 0 Å². The van der Waals surface area contributed by atoms with Crippen LogP contribution >= 0.6 is 0 Å². The van der Waals surface area contributed by atoms with Gasteiger partial charge in [0, 0.05) is 17.4 Å². The van der Waals surface area contributed by atoms with E-state index in [-0.39, 0.29) is 17.6 Å². The van der Waals surface area contributed by atoms with Crippen molar-refractivity contribution in [2.75, 3.05) is 0 Å². The topological polar surface area (TPSA) is 106 Å². The molecule has 140 valence electrons. The predicted molar refractivity (Wildman–Crippen MR) is 92.9 cm³/mol. The molecule has 5 rings (SSSR count). The average molecular weight is 368 g/mol. The van der Waals surface area contributed by atoms with Crippen LogP contribution in [0, 0.1) is 5.21 Å². The molecule has 27 heavy (non-hydrogen) atoms. The zero-order valence-electron chi connectivity index (χ0n) is 15.4. The molecule has 0 aliphatic carbocycles. The lowest BCUT2D eigenvalue weighted by Crippen LogP contribution is -2.27. The average Bonchev–Trinajstić information content (AvgIpc) is 3.32. The van der Waals surface area contributed by atoms with Gasteiger partial charge in [-0.1, -0.05) is 25.9 Å². The number of fused-ring (bicyclic) bond motifs is 4. The van der Waals surface area contributed by atoms with Crippen molar-refractivity contribution in [2.45, 2.75) is 57.7 Å². The Morgan fingerprint density at radius 1 is 1.30 bits per heavy atom. The van der Waals surface area contributed by atoms with Crippen LogP contribution in [-0.2, 0) is 16.6 Å². The van der Waals surface area contributed by atoms with Gasteiger partial charge in [0.25, 0.3) is 5.89 Å². The van der Waals surface area contributed by atoms with Gasteiger partial charge in [0.05, 0.1) is 18.0 Å². The fourth-order valence-corrected chi connectivity index (χ4v) is 3.73. The summed E-state index contributed by atoms with van der Waals surface area (Å²) in [6.45, 7) is 6.10. The summed E-state index contributed by atoms with van der Waals surface area (Å²) < 4.78 is 14.0. The van der Waals surface area contributed by atoms with E-state index in [4.69, 9.17) is 14.4 Å². The van der Waals surface area contributed by atoms with E-state index in [0.717, 1.165) is 30.5 Å². The van der Waals surface area contributed by atoms with Crippen LogP contribution in [0.2, 0.25) is 0 Å². The van der Waals surface area contributed by atoms with E-state index in [1.165, 1.54) is 18.6 Å². The van der Waals surface area contributed by atoms with E-state index in [9.17, 15) is 5.21 Å². The first-order valence-electron chi connectivity index (χ1n) is 9.07. The zero-order valence-corrected chi connectivity index (χ0v) is 15.4. The standard InChI is InChI=1S/C18H20N6O3/c1-18(2,3)17-20-16(27-22-17)14-11-8-10-4-5-12(26-10)15(11)24(21-14)13-9-23(25)7-6-19-13/h6-7,9-10,12H,4-5,8H2,1-3H3. The summed E-state index contributed by atoms with van der Waals surface area (Å²) in [5.41, 5.74) is 2.40. The lowest BCUT2D eigenvalue weighted by Gasteiger charge is -2.21. The minimum absolute atomic E-state index is 0.0629. The molecule has 2 aliphatic heterocycles. The number of rotatable bonds is 2. The van der Waals surface area contributed by atoms with Gasteiger partial charge in [-0.15, -0.1) is 0 Å². The molecule has 0 radical (unpaired) electrons. The smallest absolute Gasteiger partial charge is 0.278 e. The van der Waals surface area contributed by atoms with E-state index in [0.29, 0.717) is 28.0 Å². The molecule has 2 bridgehead atoms. The molecule has 3 aromatic rings. The largest absolute Gasteiger partial charge is 0.619 e. The minimum Gasteiger partial charge on any atom is -0.619 e. The molecule has 0 amide bonds. The van der Waals surface area contributed by atoms with Gasteiger partial charge in [-0.25, -0.2) is 9.67 Å². The van der Waals surface area contributed by atoms with Crippen molar-refractivity contribution in [1.82, 2.24) is 24.9 Å². The molecular formula is C18H20N6O3. The summed E-state index contributed by atoms with van der Waals surface area (Å²) in [4.78, 5) is 8.88. The number of ether oxygens (including phenoxy) is 1. The second kappa shape index (κ2) is 5.59. The highest BCUT2D eigenvalue weighted by atomic mass is 16.5. The Bertz CT molecular complexity index is 1020. The lowest BCUT2D eigenvalue weighted by molar-refractivity contribution is -0.605. The normalized spacial score (nSPS) is 21.4. The Labute approximate surface area is 155 Å². The molecule has 0 N–H and O–H groups in total. The number of nitrogens with zero attached hydrogens (tertiary/aromatic N) is 6. The highest BCUT2D eigenvalue weighted by Crippen LogP contribution is 2.44. The molecule has 1 fully saturated rings. The molecule has 2 unspecified atom stereocenters. The molecule has 0 spiro atoms. The van der Waals surface area contributed by atoms with Gasteiger partial charge in [0.2, 0.25) is 12.0 Å². The fraction of sp³-hybridized carbons (Fsp3) is 0.500. The summed E-state index contributed by atoms with van der Waals surface area (Å²) in [5.74, 6) is 1.47. The second-order valence-electron chi connectivity index (χ2n) is 8.10. The first-order chi connectivity index (χ1) is 12.9. The van der Waals surface area contributed by atoms with E-state index in [2.05, 4.69) is 15.1 Å². The zero-order chi connectivity index (χ0) is 18.8. The third-order valence-electron chi connectivity index (χ3n) is 5.05. The summed E-state index contributed by atoms with van der Waals surface area (Å²) >= 11 is 0. The van der Waals surface area contributed by atoms with Gasteiger partial charge in [-0.2, -0.15) is 14.8 Å². The third kappa shape index (κ3) is 2.61. The summed E-state index contributed by atoms with van der Waals surface area (Å²) in [5, 5.41) is 20.6. The highest BCUT2D eigenvalue weighted by Gasteiger charge is 2.41. The van der Waals surface area contributed by atoms with E-state index in [1.807, 2.05) is 20.8 Å². The molecule has 3 aromatic heterocycles. The van der Waals surface area contributed by atoms with Gasteiger partial charge in [-0.3, -0.25) is 0 Å². The Morgan fingerprint density at radius 2 is 2.15 bits per heavy atom. The lowest BCUT2D eigenvalue weighted by atomic mass is 9.96. The monoisotopic (exact) mass is 368 g/mol. The Kier molecular flexibility index (Phi) is 3.39. The van der Waals surface area contributed by atoms with Gasteiger partial charge < -0.3 is 14.5 Å². The quantitative estimate of drug-likeness (QED) is 0.503. The van der Waals surface area contributed by atoms with Gasteiger partial charge in [-0.05, 0) is 12.8 Å². The Balaban J connectivity index is 1.69. The van der Waals surface area contributed by atoms with Crippen LogP contribution in [-0.4, -0.2) is 31.0 Å². The number of hydrogen-bond acceptors (Lipinski definition) is 7. The maximum atomic E-state index is 11.7. The molecule has 2 aliphatic rings. The molecular weight excluding hydrogens is 348 g/mol. The van der Waals surface area contributed by atoms with Crippen LogP contribution in [0.15, 0.2) is 23.1 Å². The van der Waals surface area contributed by atoms with Crippen LogP contribution in [0.5, 0.6) is 0 Å². The van der Waals surface area contributed by atoms with Crippen LogP contribution in [0.4, 0.5) is 0 Å². The second-order valence-corrected chi connectivity index (χ2v) is 8.10. The molecule has 1 saturated heterocycles. The minimum atomic E-state index is -0.221. The van der Waals surface area contributed by atoms with Crippen molar-refractivity contribution in [3.05, 3.63) is 40.9 Å². The first kappa shape index (κ1) is 16.4. The van der Waals surface area contributed by atoms with Crippen molar-refractivity contribution >= 4 is 0 Å². The Hall–Kier alpha value is -2.81. The Morgan fingerprint density at radius 3 is 2.89 bits per heavy atom. The fourth-order valence-electron chi connectivity index (χ4n) is 3.73. The number of hydrogen-bond donors (Lipinski definition) is 0. The van der Waals surface area contributed by atoms with Crippen molar-refractivity contribution in [3.8, 4) is 17.4 Å². The van der Waals surface area contributed by atoms with Crippen LogP contribution in [0.25, 0.3) is 17.4 Å². The van der Waals surface area contributed by atoms with E-state index in [1.54, 1.807) is 4.68 Å². The molecule has 5 heterocycles. The van der Waals surface area contributed by atoms with Crippen molar-refractivity contribution in [3.63, 3.8) is 0 Å². The maximum Gasteiger partial charge on any atom is 0.278 e. The van der Waals surface area contributed by atoms with Crippen LogP contribution in [0.1, 0.15) is 56.8 Å². The molecule has 0 aromatic carbocycles. The van der Waals surface area contributed by atoms with Gasteiger partial charge in [0.15, 0.2) is 17.7 Å². The van der Waals surface area contributed by atoms with Gasteiger partial charge >= 0.3 is 0 Å². The van der Waals surface area contributed by atoms with E-state index < -0.39 is 0 Å². The highest BCUT2D eigenvalue weighted by molar-refractivity contribution is 5.57. The molecule has 0 saturated carbocycles. The van der Waals surface area contributed by atoms with Crippen LogP contribution in [0.3, 0.4) is 0 Å². The number of aromatic nitrogens is 6. The predicted octanol–water partition coefficient (Wildman–Crippen LogP) is 2.02. The molecule has 9 nitrogen and oxygen atoms in total. The summed E-state index contributed by atoms with van der Waals surface area (Å²) in [6, 6.07) is 0.